The maximum atomic E-state index is 12.0. The maximum absolute atomic E-state index is 12.0. The molecule has 1 heterocycles. The number of hydrogen-bond donors (Lipinski definition) is 0. The molecule has 0 spiro atoms. The minimum Gasteiger partial charge on any atom is -0.479 e. The van der Waals surface area contributed by atoms with Crippen LogP contribution in [0.15, 0.2) is 10.5 Å². The van der Waals surface area contributed by atoms with Crippen molar-refractivity contribution in [3.8, 4) is 5.75 Å². The summed E-state index contributed by atoms with van der Waals surface area (Å²) in [5.41, 5.74) is 2.13. The number of benzene rings is 1. The molecule has 1 aliphatic heterocycles. The van der Waals surface area contributed by atoms with Gasteiger partial charge in [0.25, 0.3) is 0 Å². The van der Waals surface area contributed by atoms with E-state index in [0.717, 1.165) is 21.3 Å². The number of carbonyl (C=O) groups is 1. The van der Waals surface area contributed by atoms with Crippen LogP contribution >= 0.6 is 15.9 Å². The zero-order chi connectivity index (χ0) is 11.4. The molecule has 0 fully saturated rings. The summed E-state index contributed by atoms with van der Waals surface area (Å²) in [7, 11) is 0. The predicted octanol–water partition coefficient (Wildman–Crippen LogP) is 3.42. The minimum absolute atomic E-state index is 0.0568. The molecule has 0 saturated carbocycles. The van der Waals surface area contributed by atoms with E-state index in [4.69, 9.17) is 4.74 Å². The highest BCUT2D eigenvalue weighted by molar-refractivity contribution is 9.10. The Morgan fingerprint density at radius 3 is 2.47 bits per heavy atom. The highest BCUT2D eigenvalue weighted by Crippen LogP contribution is 2.41. The Balaban J connectivity index is 2.71. The van der Waals surface area contributed by atoms with E-state index in [1.165, 1.54) is 0 Å². The number of hydrogen-bond acceptors (Lipinski definition) is 2. The van der Waals surface area contributed by atoms with E-state index in [-0.39, 0.29) is 5.78 Å². The topological polar surface area (TPSA) is 26.3 Å². The average Bonchev–Trinajstić information content (AvgIpc) is 2.38. The second-order valence-electron chi connectivity index (χ2n) is 4.43. The fraction of sp³-hybridized carbons (Fsp3) is 0.417. The van der Waals surface area contributed by atoms with Gasteiger partial charge >= 0.3 is 0 Å². The van der Waals surface area contributed by atoms with Crippen LogP contribution in [0.1, 0.15) is 35.3 Å². The normalized spacial score (nSPS) is 17.5. The summed E-state index contributed by atoms with van der Waals surface area (Å²) in [5.74, 6) is 0.798. The molecule has 1 aromatic carbocycles. The summed E-state index contributed by atoms with van der Waals surface area (Å²) >= 11 is 3.46. The Hall–Kier alpha value is -0.830. The first-order valence-corrected chi connectivity index (χ1v) is 5.67. The molecule has 80 valence electrons. The quantitative estimate of drug-likeness (QED) is 0.721. The van der Waals surface area contributed by atoms with E-state index in [0.29, 0.717) is 5.56 Å². The van der Waals surface area contributed by atoms with Crippen molar-refractivity contribution in [3.63, 3.8) is 0 Å². The third-order valence-electron chi connectivity index (χ3n) is 2.93. The fourth-order valence-corrected chi connectivity index (χ4v) is 2.30. The summed E-state index contributed by atoms with van der Waals surface area (Å²) in [5, 5.41) is 0. The molecule has 0 atom stereocenters. The second kappa shape index (κ2) is 3.08. The fourth-order valence-electron chi connectivity index (χ4n) is 1.78. The van der Waals surface area contributed by atoms with Crippen LogP contribution in [0, 0.1) is 13.8 Å². The molecule has 0 aliphatic carbocycles. The first kappa shape index (κ1) is 10.7. The molecule has 2 rings (SSSR count). The molecule has 0 bridgehead atoms. The van der Waals surface area contributed by atoms with Gasteiger partial charge in [-0.05, 0) is 44.9 Å². The van der Waals surface area contributed by atoms with Crippen LogP contribution in [0.25, 0.3) is 0 Å². The van der Waals surface area contributed by atoms with Gasteiger partial charge in [-0.15, -0.1) is 0 Å². The number of ether oxygens (including phenoxy) is 1. The first-order chi connectivity index (χ1) is 6.84. The van der Waals surface area contributed by atoms with E-state index in [9.17, 15) is 4.79 Å². The molecule has 0 N–H and O–H groups in total. The number of rotatable bonds is 0. The number of carbonyl (C=O) groups excluding carboxylic acids is 1. The second-order valence-corrected chi connectivity index (χ2v) is 5.28. The van der Waals surface area contributed by atoms with Crippen molar-refractivity contribution in [3.05, 3.63) is 27.2 Å². The third kappa shape index (κ3) is 1.41. The van der Waals surface area contributed by atoms with Crippen LogP contribution < -0.4 is 4.74 Å². The van der Waals surface area contributed by atoms with Crippen LogP contribution in [-0.2, 0) is 0 Å². The predicted molar refractivity (Wildman–Crippen MR) is 62.7 cm³/mol. The number of ketones is 1. The van der Waals surface area contributed by atoms with Crippen LogP contribution in [-0.4, -0.2) is 11.4 Å². The van der Waals surface area contributed by atoms with Gasteiger partial charge in [-0.3, -0.25) is 4.79 Å². The van der Waals surface area contributed by atoms with Crippen molar-refractivity contribution >= 4 is 21.7 Å². The molecule has 0 radical (unpaired) electrons. The van der Waals surface area contributed by atoms with E-state index >= 15 is 0 Å². The maximum Gasteiger partial charge on any atom is 0.209 e. The standard InChI is InChI=1S/C12H13BrO2/c1-6-7(2)10-8(5-9(6)13)11(14)12(3,4)15-10/h5H,1-4H3. The van der Waals surface area contributed by atoms with Crippen LogP contribution in [0.2, 0.25) is 0 Å². The Morgan fingerprint density at radius 1 is 1.27 bits per heavy atom. The Bertz CT molecular complexity index is 461. The molecular weight excluding hydrogens is 256 g/mol. The summed E-state index contributed by atoms with van der Waals surface area (Å²) in [6.07, 6.45) is 0. The van der Waals surface area contributed by atoms with E-state index < -0.39 is 5.60 Å². The van der Waals surface area contributed by atoms with Gasteiger partial charge in [0.2, 0.25) is 5.78 Å². The van der Waals surface area contributed by atoms with Crippen molar-refractivity contribution < 1.29 is 9.53 Å². The average molecular weight is 269 g/mol. The number of Topliss-reactive ketones (excluding diaryl/α,β-unsaturated/α-hetero) is 1. The molecule has 0 unspecified atom stereocenters. The van der Waals surface area contributed by atoms with Gasteiger partial charge in [-0.25, -0.2) is 0 Å². The minimum atomic E-state index is -0.722. The zero-order valence-electron chi connectivity index (χ0n) is 9.27. The molecule has 15 heavy (non-hydrogen) atoms. The van der Waals surface area contributed by atoms with Gasteiger partial charge in [0.15, 0.2) is 5.60 Å². The molecule has 1 aromatic rings. The lowest BCUT2D eigenvalue weighted by Gasteiger charge is -2.16. The molecule has 3 heteroatoms. The summed E-state index contributed by atoms with van der Waals surface area (Å²) in [6, 6.07) is 1.86. The van der Waals surface area contributed by atoms with Crippen molar-refractivity contribution in [2.75, 3.05) is 0 Å². The van der Waals surface area contributed by atoms with Crippen LogP contribution in [0.4, 0.5) is 0 Å². The van der Waals surface area contributed by atoms with Crippen molar-refractivity contribution in [1.82, 2.24) is 0 Å². The Morgan fingerprint density at radius 2 is 1.87 bits per heavy atom. The van der Waals surface area contributed by atoms with E-state index in [2.05, 4.69) is 15.9 Å². The molecule has 1 aliphatic rings. The summed E-state index contributed by atoms with van der Waals surface area (Å²) in [4.78, 5) is 12.0. The van der Waals surface area contributed by atoms with Crippen molar-refractivity contribution in [2.45, 2.75) is 33.3 Å². The molecule has 0 amide bonds. The molecule has 0 aromatic heterocycles. The van der Waals surface area contributed by atoms with Gasteiger partial charge < -0.3 is 4.74 Å². The van der Waals surface area contributed by atoms with Gasteiger partial charge in [0.1, 0.15) is 5.75 Å². The zero-order valence-corrected chi connectivity index (χ0v) is 10.9. The van der Waals surface area contributed by atoms with Crippen molar-refractivity contribution in [1.29, 1.82) is 0 Å². The van der Waals surface area contributed by atoms with Crippen LogP contribution in [0.5, 0.6) is 5.75 Å². The summed E-state index contributed by atoms with van der Waals surface area (Å²) < 4.78 is 6.67. The summed E-state index contributed by atoms with van der Waals surface area (Å²) in [6.45, 7) is 7.60. The number of halogens is 1. The smallest absolute Gasteiger partial charge is 0.209 e. The van der Waals surface area contributed by atoms with Gasteiger partial charge in [0.05, 0.1) is 5.56 Å². The lowest BCUT2D eigenvalue weighted by Crippen LogP contribution is -2.32. The lowest BCUT2D eigenvalue weighted by atomic mass is 9.97. The van der Waals surface area contributed by atoms with Crippen LogP contribution in [0.3, 0.4) is 0 Å². The lowest BCUT2D eigenvalue weighted by molar-refractivity contribution is 0.0683. The first-order valence-electron chi connectivity index (χ1n) is 4.88. The van der Waals surface area contributed by atoms with Gasteiger partial charge in [-0.2, -0.15) is 0 Å². The van der Waals surface area contributed by atoms with Crippen molar-refractivity contribution in [2.24, 2.45) is 0 Å². The molecular formula is C12H13BrO2. The monoisotopic (exact) mass is 268 g/mol. The van der Waals surface area contributed by atoms with Gasteiger partial charge in [-0.1, -0.05) is 15.9 Å². The Labute approximate surface area is 97.8 Å². The Kier molecular flexibility index (Phi) is 2.19. The van der Waals surface area contributed by atoms with Gasteiger partial charge in [0, 0.05) is 4.47 Å². The van der Waals surface area contributed by atoms with E-state index in [1.807, 2.05) is 19.9 Å². The van der Waals surface area contributed by atoms with E-state index in [1.54, 1.807) is 13.8 Å². The SMILES string of the molecule is Cc1c(Br)cc2c(c1C)OC(C)(C)C2=O. The highest BCUT2D eigenvalue weighted by atomic mass is 79.9. The molecule has 2 nitrogen and oxygen atoms in total. The third-order valence-corrected chi connectivity index (χ3v) is 3.75. The number of fused-ring (bicyclic) bond motifs is 1. The highest BCUT2D eigenvalue weighted by Gasteiger charge is 2.41. The largest absolute Gasteiger partial charge is 0.479 e. The molecule has 0 saturated heterocycles.